The molecular formula is C7H17NO. The van der Waals surface area contributed by atoms with Crippen LogP contribution in [0.4, 0.5) is 0 Å². The van der Waals surface area contributed by atoms with E-state index in [1.807, 2.05) is 20.8 Å². The third-order valence-corrected chi connectivity index (χ3v) is 0.516. The molecule has 2 N–H and O–H groups in total. The maximum absolute atomic E-state index is 5.09. The number of ether oxygens (including phenoxy) is 1. The Morgan fingerprint density at radius 3 is 1.67 bits per heavy atom. The first kappa shape index (κ1) is 11.5. The van der Waals surface area contributed by atoms with Crippen LogP contribution in [0.15, 0.2) is 13.2 Å². The maximum atomic E-state index is 5.09. The summed E-state index contributed by atoms with van der Waals surface area (Å²) in [5, 5.41) is 0. The number of hydrogen-bond donors (Lipinski definition) is 1. The Morgan fingerprint density at radius 2 is 1.67 bits per heavy atom. The van der Waals surface area contributed by atoms with E-state index in [0.717, 1.165) is 0 Å². The summed E-state index contributed by atoms with van der Waals surface area (Å²) in [5.41, 5.74) is 5.02. The van der Waals surface area contributed by atoms with E-state index in [1.54, 1.807) is 0 Å². The number of hydrogen-bond acceptors (Lipinski definition) is 2. The molecule has 2 heteroatoms. The molecule has 0 bridgehead atoms. The Kier molecular flexibility index (Phi) is 7.37. The van der Waals surface area contributed by atoms with Crippen molar-refractivity contribution in [2.24, 2.45) is 5.73 Å². The second-order valence-electron chi connectivity index (χ2n) is 2.42. The van der Waals surface area contributed by atoms with Gasteiger partial charge in [-0.25, -0.2) is 0 Å². The monoisotopic (exact) mass is 131 g/mol. The van der Waals surface area contributed by atoms with Crippen molar-refractivity contribution in [2.75, 3.05) is 6.73 Å². The zero-order valence-electron chi connectivity index (χ0n) is 6.61. The van der Waals surface area contributed by atoms with Crippen molar-refractivity contribution in [3.63, 3.8) is 0 Å². The highest BCUT2D eigenvalue weighted by Crippen LogP contribution is 2.03. The summed E-state index contributed by atoms with van der Waals surface area (Å²) < 4.78 is 5.01. The van der Waals surface area contributed by atoms with Crippen LogP contribution in [0.1, 0.15) is 20.8 Å². The van der Waals surface area contributed by atoms with E-state index >= 15 is 0 Å². The van der Waals surface area contributed by atoms with Crippen molar-refractivity contribution in [1.29, 1.82) is 0 Å². The molecule has 0 saturated carbocycles. The van der Waals surface area contributed by atoms with Crippen molar-refractivity contribution in [2.45, 2.75) is 26.4 Å². The van der Waals surface area contributed by atoms with Crippen LogP contribution in [0.25, 0.3) is 0 Å². The molecule has 0 spiro atoms. The third-order valence-electron chi connectivity index (χ3n) is 0.516. The number of rotatable bonds is 1. The largest absolute Gasteiger partial charge is 0.361 e. The second kappa shape index (κ2) is 5.79. The Balaban J connectivity index is 0. The lowest BCUT2D eigenvalue weighted by Crippen LogP contribution is -2.23. The van der Waals surface area contributed by atoms with Gasteiger partial charge in [0.05, 0.1) is 12.3 Å². The van der Waals surface area contributed by atoms with Crippen molar-refractivity contribution in [1.82, 2.24) is 0 Å². The summed E-state index contributed by atoms with van der Waals surface area (Å²) in [7, 11) is 0. The molecule has 0 unspecified atom stereocenters. The van der Waals surface area contributed by atoms with Crippen molar-refractivity contribution < 1.29 is 4.74 Å². The van der Waals surface area contributed by atoms with Gasteiger partial charge in [0.2, 0.25) is 0 Å². The molecule has 0 atom stereocenters. The normalized spacial score (nSPS) is 9.78. The predicted octanol–water partition coefficient (Wildman–Crippen LogP) is 1.52. The van der Waals surface area contributed by atoms with E-state index in [2.05, 4.69) is 13.2 Å². The minimum atomic E-state index is -0.0747. The lowest BCUT2D eigenvalue weighted by Gasteiger charge is -2.16. The first-order chi connectivity index (χ1) is 4.06. The summed E-state index contributed by atoms with van der Waals surface area (Å²) in [6.45, 7) is 12.2. The third kappa shape index (κ3) is 18.3. The zero-order chi connectivity index (χ0) is 7.91. The molecule has 2 nitrogen and oxygen atoms in total. The van der Waals surface area contributed by atoms with Crippen molar-refractivity contribution in [3.8, 4) is 0 Å². The SMILES string of the molecule is C=C.CC(C)(C)OCN. The van der Waals surface area contributed by atoms with Gasteiger partial charge < -0.3 is 10.5 Å². The Hall–Kier alpha value is -0.340. The molecular weight excluding hydrogens is 114 g/mol. The van der Waals surface area contributed by atoms with Crippen LogP contribution in [0.3, 0.4) is 0 Å². The topological polar surface area (TPSA) is 35.2 Å². The maximum Gasteiger partial charge on any atom is 0.0947 e. The molecule has 9 heavy (non-hydrogen) atoms. The lowest BCUT2D eigenvalue weighted by molar-refractivity contribution is 0.00108. The van der Waals surface area contributed by atoms with Gasteiger partial charge in [0.15, 0.2) is 0 Å². The summed E-state index contributed by atoms with van der Waals surface area (Å²) in [5.74, 6) is 0. The lowest BCUT2D eigenvalue weighted by atomic mass is 10.2. The van der Waals surface area contributed by atoms with Gasteiger partial charge in [-0.2, -0.15) is 0 Å². The van der Waals surface area contributed by atoms with Crippen LogP contribution in [-0.2, 0) is 4.74 Å². The average Bonchev–Trinajstić information content (AvgIpc) is 1.69. The molecule has 0 aromatic heterocycles. The fraction of sp³-hybridized carbons (Fsp3) is 0.714. The van der Waals surface area contributed by atoms with E-state index in [4.69, 9.17) is 10.5 Å². The second-order valence-corrected chi connectivity index (χ2v) is 2.42. The highest BCUT2D eigenvalue weighted by Gasteiger charge is 2.06. The quantitative estimate of drug-likeness (QED) is 0.432. The summed E-state index contributed by atoms with van der Waals surface area (Å²) >= 11 is 0. The molecule has 56 valence electrons. The van der Waals surface area contributed by atoms with E-state index in [9.17, 15) is 0 Å². The summed E-state index contributed by atoms with van der Waals surface area (Å²) in [4.78, 5) is 0. The highest BCUT2D eigenvalue weighted by atomic mass is 16.5. The molecule has 0 aliphatic heterocycles. The van der Waals surface area contributed by atoms with Crippen LogP contribution in [0, 0.1) is 0 Å². The first-order valence-corrected chi connectivity index (χ1v) is 2.90. The molecule has 0 rings (SSSR count). The van der Waals surface area contributed by atoms with Gasteiger partial charge in [-0.1, -0.05) is 0 Å². The smallest absolute Gasteiger partial charge is 0.0947 e. The summed E-state index contributed by atoms with van der Waals surface area (Å²) in [6, 6.07) is 0. The fourth-order valence-electron chi connectivity index (χ4n) is 0.250. The zero-order valence-corrected chi connectivity index (χ0v) is 6.61. The number of nitrogens with two attached hydrogens (primary N) is 1. The van der Waals surface area contributed by atoms with Crippen LogP contribution < -0.4 is 5.73 Å². The predicted molar refractivity (Wildman–Crippen MR) is 41.1 cm³/mol. The minimum absolute atomic E-state index is 0.0747. The van der Waals surface area contributed by atoms with Gasteiger partial charge in [0, 0.05) is 0 Å². The molecule has 0 fully saturated rings. The van der Waals surface area contributed by atoms with Gasteiger partial charge >= 0.3 is 0 Å². The van der Waals surface area contributed by atoms with Crippen molar-refractivity contribution >= 4 is 0 Å². The van der Waals surface area contributed by atoms with Crippen LogP contribution in [0.5, 0.6) is 0 Å². The molecule has 0 aliphatic rings. The van der Waals surface area contributed by atoms with E-state index in [1.165, 1.54) is 0 Å². The van der Waals surface area contributed by atoms with E-state index < -0.39 is 0 Å². The molecule has 0 aromatic carbocycles. The van der Waals surface area contributed by atoms with E-state index in [0.29, 0.717) is 6.73 Å². The summed E-state index contributed by atoms with van der Waals surface area (Å²) in [6.07, 6.45) is 0. The average molecular weight is 131 g/mol. The van der Waals surface area contributed by atoms with Gasteiger partial charge in [0.1, 0.15) is 0 Å². The first-order valence-electron chi connectivity index (χ1n) is 2.90. The molecule has 0 aliphatic carbocycles. The van der Waals surface area contributed by atoms with Gasteiger partial charge in [0.25, 0.3) is 0 Å². The Labute approximate surface area is 57.7 Å². The molecule has 0 aromatic rings. The van der Waals surface area contributed by atoms with E-state index in [-0.39, 0.29) is 5.60 Å². The molecule has 0 amide bonds. The Bertz CT molecular complexity index is 56.4. The van der Waals surface area contributed by atoms with Crippen LogP contribution in [0.2, 0.25) is 0 Å². The standard InChI is InChI=1S/C5H13NO.C2H4/c1-5(2,3)7-4-6;1-2/h4,6H2,1-3H3;1-2H2. The fourth-order valence-corrected chi connectivity index (χ4v) is 0.250. The van der Waals surface area contributed by atoms with Gasteiger partial charge in [-0.05, 0) is 20.8 Å². The van der Waals surface area contributed by atoms with Gasteiger partial charge in [-0.15, -0.1) is 13.2 Å². The van der Waals surface area contributed by atoms with Crippen LogP contribution >= 0.6 is 0 Å². The molecule has 0 saturated heterocycles. The Morgan fingerprint density at radius 1 is 1.33 bits per heavy atom. The van der Waals surface area contributed by atoms with Gasteiger partial charge in [-0.3, -0.25) is 0 Å². The highest BCUT2D eigenvalue weighted by molar-refractivity contribution is 4.56. The van der Waals surface area contributed by atoms with Crippen molar-refractivity contribution in [3.05, 3.63) is 13.2 Å². The van der Waals surface area contributed by atoms with Crippen LogP contribution in [-0.4, -0.2) is 12.3 Å². The minimum Gasteiger partial charge on any atom is -0.361 e. The molecule has 0 radical (unpaired) electrons. The molecule has 0 heterocycles.